The molecule has 2 rings (SSSR count). The molecule has 0 radical (unpaired) electrons. The van der Waals surface area contributed by atoms with Gasteiger partial charge in [0.25, 0.3) is 5.91 Å². The molecule has 0 spiro atoms. The van der Waals surface area contributed by atoms with Crippen LogP contribution < -0.4 is 14.8 Å². The van der Waals surface area contributed by atoms with E-state index < -0.39 is 18.0 Å². The topological polar surface area (TPSA) is 86.3 Å². The molecule has 0 bridgehead atoms. The van der Waals surface area contributed by atoms with Crippen molar-refractivity contribution in [1.29, 1.82) is 0 Å². The zero-order valence-corrected chi connectivity index (χ0v) is 12.6. The van der Waals surface area contributed by atoms with Gasteiger partial charge in [-0.05, 0) is 17.7 Å². The van der Waals surface area contributed by atoms with E-state index in [0.29, 0.717) is 11.5 Å². The third-order valence-electron chi connectivity index (χ3n) is 3.24. The normalized spacial score (nSPS) is 13.4. The van der Waals surface area contributed by atoms with E-state index in [4.69, 9.17) is 14.3 Å². The van der Waals surface area contributed by atoms with E-state index >= 15 is 0 Å². The van der Waals surface area contributed by atoms with Gasteiger partial charge in [-0.3, -0.25) is 9.63 Å². The van der Waals surface area contributed by atoms with Gasteiger partial charge in [0.2, 0.25) is 6.79 Å². The molecule has 1 N–H and O–H groups in total. The number of hydrogen-bond acceptors (Lipinski definition) is 6. The molecule has 0 aromatic heterocycles. The SMILES string of the molecule is COC(=O)N[C@H](Cc1ccc2c(c1)OCO2)C(=O)N(C)OC. The predicted molar refractivity (Wildman–Crippen MR) is 75.4 cm³/mol. The molecule has 0 aliphatic carbocycles. The molecule has 1 aliphatic heterocycles. The molecular weight excluding hydrogens is 292 g/mol. The number of hydroxylamine groups is 2. The molecule has 0 fully saturated rings. The number of carbonyl (C=O) groups excluding carboxylic acids is 2. The van der Waals surface area contributed by atoms with Gasteiger partial charge in [0.15, 0.2) is 11.5 Å². The van der Waals surface area contributed by atoms with Gasteiger partial charge >= 0.3 is 6.09 Å². The predicted octanol–water partition coefficient (Wildman–Crippen LogP) is 0.702. The highest BCUT2D eigenvalue weighted by Gasteiger charge is 2.26. The van der Waals surface area contributed by atoms with Crippen molar-refractivity contribution in [2.45, 2.75) is 12.5 Å². The molecule has 1 aromatic rings. The Morgan fingerprint density at radius 3 is 2.73 bits per heavy atom. The van der Waals surface area contributed by atoms with E-state index in [-0.39, 0.29) is 13.2 Å². The third kappa shape index (κ3) is 3.59. The van der Waals surface area contributed by atoms with Gasteiger partial charge in [0.05, 0.1) is 14.2 Å². The van der Waals surface area contributed by atoms with Gasteiger partial charge in [-0.2, -0.15) is 0 Å². The van der Waals surface area contributed by atoms with Gasteiger partial charge in [0.1, 0.15) is 6.04 Å². The number of likely N-dealkylation sites (N-methyl/N-ethyl adjacent to an activating group) is 1. The molecular formula is C14H18N2O6. The maximum atomic E-state index is 12.2. The summed E-state index contributed by atoms with van der Waals surface area (Å²) in [5.41, 5.74) is 0.809. The molecule has 0 saturated carbocycles. The van der Waals surface area contributed by atoms with E-state index in [1.807, 2.05) is 0 Å². The summed E-state index contributed by atoms with van der Waals surface area (Å²) in [4.78, 5) is 28.5. The Hall–Kier alpha value is -2.48. The van der Waals surface area contributed by atoms with E-state index in [2.05, 4.69) is 10.1 Å². The van der Waals surface area contributed by atoms with Crippen LogP contribution in [0.25, 0.3) is 0 Å². The number of nitrogens with one attached hydrogen (secondary N) is 1. The largest absolute Gasteiger partial charge is 0.454 e. The quantitative estimate of drug-likeness (QED) is 0.806. The van der Waals surface area contributed by atoms with Crippen molar-refractivity contribution < 1.29 is 28.6 Å². The number of rotatable bonds is 5. The van der Waals surface area contributed by atoms with Crippen LogP contribution in [0, 0.1) is 0 Å². The van der Waals surface area contributed by atoms with Crippen molar-refractivity contribution in [3.63, 3.8) is 0 Å². The minimum atomic E-state index is -0.822. The fourth-order valence-corrected chi connectivity index (χ4v) is 2.01. The second-order valence-corrected chi connectivity index (χ2v) is 4.60. The molecule has 2 amide bonds. The van der Waals surface area contributed by atoms with Crippen molar-refractivity contribution in [2.75, 3.05) is 28.1 Å². The Bertz CT molecular complexity index is 562. The summed E-state index contributed by atoms with van der Waals surface area (Å²) < 4.78 is 15.1. The summed E-state index contributed by atoms with van der Waals surface area (Å²) in [5.74, 6) is 0.869. The summed E-state index contributed by atoms with van der Waals surface area (Å²) in [6.45, 7) is 0.175. The molecule has 8 heteroatoms. The zero-order chi connectivity index (χ0) is 16.1. The first-order valence-electron chi connectivity index (χ1n) is 6.60. The molecule has 8 nitrogen and oxygen atoms in total. The lowest BCUT2D eigenvalue weighted by molar-refractivity contribution is -0.170. The highest BCUT2D eigenvalue weighted by atomic mass is 16.7. The summed E-state index contributed by atoms with van der Waals surface area (Å²) >= 11 is 0. The van der Waals surface area contributed by atoms with E-state index in [1.165, 1.54) is 21.3 Å². The number of benzene rings is 1. The van der Waals surface area contributed by atoms with Crippen LogP contribution in [0.4, 0.5) is 4.79 Å². The number of fused-ring (bicyclic) bond motifs is 1. The fraction of sp³-hybridized carbons (Fsp3) is 0.429. The van der Waals surface area contributed by atoms with E-state index in [0.717, 1.165) is 10.6 Å². The van der Waals surface area contributed by atoms with Gasteiger partial charge < -0.3 is 19.5 Å². The Morgan fingerprint density at radius 2 is 2.05 bits per heavy atom. The van der Waals surface area contributed by atoms with Crippen molar-refractivity contribution in [3.8, 4) is 11.5 Å². The lowest BCUT2D eigenvalue weighted by Gasteiger charge is -2.22. The van der Waals surface area contributed by atoms with Crippen LogP contribution in [-0.4, -0.2) is 51.2 Å². The molecule has 120 valence electrons. The van der Waals surface area contributed by atoms with E-state index in [1.54, 1.807) is 18.2 Å². The molecule has 22 heavy (non-hydrogen) atoms. The maximum absolute atomic E-state index is 12.2. The van der Waals surface area contributed by atoms with Gasteiger partial charge in [-0.15, -0.1) is 0 Å². The number of alkyl carbamates (subject to hydrolysis) is 1. The Morgan fingerprint density at radius 1 is 1.32 bits per heavy atom. The van der Waals surface area contributed by atoms with Crippen molar-refractivity contribution in [2.24, 2.45) is 0 Å². The van der Waals surface area contributed by atoms with Crippen LogP contribution in [0.1, 0.15) is 5.56 Å². The van der Waals surface area contributed by atoms with Crippen LogP contribution in [-0.2, 0) is 20.8 Å². The Balaban J connectivity index is 2.14. The second kappa shape index (κ2) is 6.99. The monoisotopic (exact) mass is 310 g/mol. The minimum Gasteiger partial charge on any atom is -0.454 e. The third-order valence-corrected chi connectivity index (χ3v) is 3.24. The van der Waals surface area contributed by atoms with Crippen LogP contribution in [0.15, 0.2) is 18.2 Å². The van der Waals surface area contributed by atoms with Crippen LogP contribution in [0.5, 0.6) is 11.5 Å². The first-order chi connectivity index (χ1) is 10.5. The molecule has 1 heterocycles. The number of nitrogens with zero attached hydrogens (tertiary/aromatic N) is 1. The summed E-state index contributed by atoms with van der Waals surface area (Å²) in [7, 11) is 4.07. The Kier molecular flexibility index (Phi) is 5.05. The van der Waals surface area contributed by atoms with Gasteiger partial charge in [-0.1, -0.05) is 6.07 Å². The summed E-state index contributed by atoms with van der Waals surface area (Å²) in [6, 6.07) is 4.52. The van der Waals surface area contributed by atoms with Crippen molar-refractivity contribution in [3.05, 3.63) is 23.8 Å². The smallest absolute Gasteiger partial charge is 0.407 e. The van der Waals surface area contributed by atoms with E-state index in [9.17, 15) is 9.59 Å². The Labute approximate surface area is 127 Å². The van der Waals surface area contributed by atoms with Crippen molar-refractivity contribution >= 4 is 12.0 Å². The van der Waals surface area contributed by atoms with Crippen LogP contribution >= 0.6 is 0 Å². The fourth-order valence-electron chi connectivity index (χ4n) is 2.01. The lowest BCUT2D eigenvalue weighted by atomic mass is 10.0. The average molecular weight is 310 g/mol. The number of hydrogen-bond donors (Lipinski definition) is 1. The number of carbonyl (C=O) groups is 2. The molecule has 1 aliphatic rings. The standard InChI is InChI=1S/C14H18N2O6/c1-16(20-3)13(17)10(15-14(18)19-2)6-9-4-5-11-12(7-9)22-8-21-11/h4-5,7,10H,6,8H2,1-3H3,(H,15,18)/t10-/m1/s1. The molecule has 0 unspecified atom stereocenters. The zero-order valence-electron chi connectivity index (χ0n) is 12.6. The van der Waals surface area contributed by atoms with Crippen molar-refractivity contribution in [1.82, 2.24) is 10.4 Å². The summed E-state index contributed by atoms with van der Waals surface area (Å²) in [5, 5.41) is 3.54. The number of methoxy groups -OCH3 is 1. The highest BCUT2D eigenvalue weighted by molar-refractivity contribution is 5.85. The highest BCUT2D eigenvalue weighted by Crippen LogP contribution is 2.32. The number of ether oxygens (including phenoxy) is 3. The van der Waals surface area contributed by atoms with Gasteiger partial charge in [0, 0.05) is 13.5 Å². The first kappa shape index (κ1) is 15.9. The maximum Gasteiger partial charge on any atom is 0.407 e. The first-order valence-corrected chi connectivity index (χ1v) is 6.60. The molecule has 1 atom stereocenters. The van der Waals surface area contributed by atoms with Gasteiger partial charge in [-0.25, -0.2) is 9.86 Å². The molecule has 0 saturated heterocycles. The second-order valence-electron chi connectivity index (χ2n) is 4.60. The number of amides is 2. The summed E-state index contributed by atoms with van der Waals surface area (Å²) in [6.07, 6.45) is -0.429. The molecule has 1 aromatic carbocycles. The average Bonchev–Trinajstić information content (AvgIpc) is 3.00. The van der Waals surface area contributed by atoms with Crippen LogP contribution in [0.2, 0.25) is 0 Å². The minimum absolute atomic E-state index is 0.175. The lowest BCUT2D eigenvalue weighted by Crippen LogP contribution is -2.48. The van der Waals surface area contributed by atoms with Crippen LogP contribution in [0.3, 0.4) is 0 Å².